The zero-order valence-electron chi connectivity index (χ0n) is 16.6. The van der Waals surface area contributed by atoms with Crippen LogP contribution in [-0.4, -0.2) is 69.8 Å². The lowest BCUT2D eigenvalue weighted by Crippen LogP contribution is -2.38. The topological polar surface area (TPSA) is 79.9 Å². The third-order valence-corrected chi connectivity index (χ3v) is 5.63. The van der Waals surface area contributed by atoms with E-state index in [1.54, 1.807) is 0 Å². The van der Waals surface area contributed by atoms with Crippen LogP contribution < -0.4 is 10.6 Å². The van der Waals surface area contributed by atoms with Gasteiger partial charge in [-0.15, -0.1) is 11.3 Å². The molecule has 1 fully saturated rings. The number of esters is 1. The van der Waals surface area contributed by atoms with Gasteiger partial charge in [-0.2, -0.15) is 0 Å². The van der Waals surface area contributed by atoms with E-state index in [4.69, 9.17) is 9.47 Å². The number of morpholine rings is 1. The molecule has 1 aromatic carbocycles. The highest BCUT2D eigenvalue weighted by Crippen LogP contribution is 2.36. The first kappa shape index (κ1) is 21.4. The minimum absolute atomic E-state index is 0.178. The molecule has 0 aliphatic carbocycles. The molecule has 1 aromatic heterocycles. The van der Waals surface area contributed by atoms with Gasteiger partial charge in [0.15, 0.2) is 0 Å². The average Bonchev–Trinajstić information content (AvgIpc) is 3.17. The van der Waals surface area contributed by atoms with Crippen molar-refractivity contribution in [1.82, 2.24) is 10.2 Å². The Labute approximate surface area is 175 Å². The summed E-state index contributed by atoms with van der Waals surface area (Å²) in [4.78, 5) is 27.0. The van der Waals surface area contributed by atoms with Gasteiger partial charge >= 0.3 is 5.97 Å². The van der Waals surface area contributed by atoms with Crippen LogP contribution in [0.3, 0.4) is 0 Å². The fraction of sp³-hybridized carbons (Fsp3) is 0.429. The molecule has 156 valence electrons. The largest absolute Gasteiger partial charge is 0.465 e. The molecule has 1 aliphatic rings. The van der Waals surface area contributed by atoms with Gasteiger partial charge in [0.25, 0.3) is 0 Å². The number of rotatable bonds is 9. The number of amides is 1. The molecule has 1 aliphatic heterocycles. The maximum Gasteiger partial charge on any atom is 0.341 e. The second-order valence-corrected chi connectivity index (χ2v) is 7.62. The third-order valence-electron chi connectivity index (χ3n) is 4.74. The molecule has 3 rings (SSSR count). The number of methoxy groups -OCH3 is 1. The molecule has 1 amide bonds. The lowest BCUT2D eigenvalue weighted by atomic mass is 10.0. The molecular formula is C21H27N3O4S. The summed E-state index contributed by atoms with van der Waals surface area (Å²) >= 11 is 1.33. The lowest BCUT2D eigenvalue weighted by molar-refractivity contribution is -0.115. The summed E-state index contributed by atoms with van der Waals surface area (Å²) in [6.07, 6.45) is 0.970. The summed E-state index contributed by atoms with van der Waals surface area (Å²) < 4.78 is 10.3. The molecule has 1 saturated heterocycles. The Kier molecular flexibility index (Phi) is 8.18. The predicted molar refractivity (Wildman–Crippen MR) is 114 cm³/mol. The molecular weight excluding hydrogens is 390 g/mol. The molecule has 29 heavy (non-hydrogen) atoms. The SMILES string of the molecule is COC(=O)c1c(-c2ccccc2)csc1NC(=O)CNCCCN1CCOCC1. The van der Waals surface area contributed by atoms with E-state index in [0.717, 1.165) is 56.9 Å². The van der Waals surface area contributed by atoms with Crippen molar-refractivity contribution in [2.45, 2.75) is 6.42 Å². The molecule has 0 radical (unpaired) electrons. The lowest BCUT2D eigenvalue weighted by Gasteiger charge is -2.26. The van der Waals surface area contributed by atoms with Gasteiger partial charge in [0.1, 0.15) is 10.6 Å². The van der Waals surface area contributed by atoms with Gasteiger partial charge in [-0.25, -0.2) is 4.79 Å². The van der Waals surface area contributed by atoms with Crippen LogP contribution in [-0.2, 0) is 14.3 Å². The summed E-state index contributed by atoms with van der Waals surface area (Å²) in [5.74, 6) is -0.637. The number of hydrogen-bond donors (Lipinski definition) is 2. The molecule has 0 saturated carbocycles. The smallest absolute Gasteiger partial charge is 0.341 e. The first-order valence-corrected chi connectivity index (χ1v) is 10.6. The standard InChI is InChI=1S/C21H27N3O4S/c1-27-21(26)19-17(16-6-3-2-4-7-16)15-29-20(19)23-18(25)14-22-8-5-9-24-10-12-28-13-11-24/h2-4,6-7,15,22H,5,8-14H2,1H3,(H,23,25). The van der Waals surface area contributed by atoms with Crippen LogP contribution in [0.4, 0.5) is 5.00 Å². The van der Waals surface area contributed by atoms with E-state index in [1.807, 2.05) is 35.7 Å². The number of benzene rings is 1. The molecule has 2 aromatic rings. The molecule has 2 heterocycles. The quantitative estimate of drug-likeness (QED) is 0.482. The van der Waals surface area contributed by atoms with Crippen LogP contribution in [0.1, 0.15) is 16.8 Å². The minimum atomic E-state index is -0.459. The Morgan fingerprint density at radius 1 is 1.21 bits per heavy atom. The van der Waals surface area contributed by atoms with E-state index in [9.17, 15) is 9.59 Å². The fourth-order valence-corrected chi connectivity index (χ4v) is 4.18. The molecule has 8 heteroatoms. The van der Waals surface area contributed by atoms with Gasteiger partial charge in [0, 0.05) is 24.0 Å². The number of thiophene rings is 1. The van der Waals surface area contributed by atoms with Crippen molar-refractivity contribution in [2.75, 3.05) is 58.4 Å². The van der Waals surface area contributed by atoms with Crippen molar-refractivity contribution < 1.29 is 19.1 Å². The summed E-state index contributed by atoms with van der Waals surface area (Å²) in [5, 5.41) is 8.39. The van der Waals surface area contributed by atoms with E-state index >= 15 is 0 Å². The number of carbonyl (C=O) groups excluding carboxylic acids is 2. The van der Waals surface area contributed by atoms with Crippen molar-refractivity contribution in [2.24, 2.45) is 0 Å². The second kappa shape index (κ2) is 11.1. The highest BCUT2D eigenvalue weighted by molar-refractivity contribution is 7.15. The first-order chi connectivity index (χ1) is 14.2. The summed E-state index contributed by atoms with van der Waals surface area (Å²) in [6, 6.07) is 9.59. The van der Waals surface area contributed by atoms with Gasteiger partial charge in [-0.3, -0.25) is 9.69 Å². The molecule has 0 unspecified atom stereocenters. The Hall–Kier alpha value is -2.26. The summed E-state index contributed by atoms with van der Waals surface area (Å²) in [6.45, 7) is 5.48. The normalized spacial score (nSPS) is 14.5. The van der Waals surface area contributed by atoms with Gasteiger partial charge in [-0.1, -0.05) is 30.3 Å². The second-order valence-electron chi connectivity index (χ2n) is 6.74. The molecule has 2 N–H and O–H groups in total. The average molecular weight is 418 g/mol. The maximum absolute atomic E-state index is 12.3. The minimum Gasteiger partial charge on any atom is -0.465 e. The number of hydrogen-bond acceptors (Lipinski definition) is 7. The highest BCUT2D eigenvalue weighted by atomic mass is 32.1. The van der Waals surface area contributed by atoms with Crippen LogP contribution >= 0.6 is 11.3 Å². The van der Waals surface area contributed by atoms with Crippen molar-refractivity contribution in [1.29, 1.82) is 0 Å². The number of ether oxygens (including phenoxy) is 2. The number of carbonyl (C=O) groups is 2. The van der Waals surface area contributed by atoms with Crippen molar-refractivity contribution >= 4 is 28.2 Å². The van der Waals surface area contributed by atoms with Crippen molar-refractivity contribution in [3.8, 4) is 11.1 Å². The summed E-state index contributed by atoms with van der Waals surface area (Å²) in [7, 11) is 1.34. The van der Waals surface area contributed by atoms with Gasteiger partial charge in [0.2, 0.25) is 5.91 Å². The van der Waals surface area contributed by atoms with Crippen LogP contribution in [0.25, 0.3) is 11.1 Å². The monoisotopic (exact) mass is 417 g/mol. The zero-order chi connectivity index (χ0) is 20.5. The number of anilines is 1. The predicted octanol–water partition coefficient (Wildman–Crippen LogP) is 2.45. The van der Waals surface area contributed by atoms with Crippen LogP contribution in [0, 0.1) is 0 Å². The van der Waals surface area contributed by atoms with Gasteiger partial charge in [0.05, 0.1) is 26.9 Å². The first-order valence-electron chi connectivity index (χ1n) is 9.75. The molecule has 0 atom stereocenters. The van der Waals surface area contributed by atoms with E-state index in [-0.39, 0.29) is 12.5 Å². The molecule has 0 bridgehead atoms. The Bertz CT molecular complexity index is 804. The van der Waals surface area contributed by atoms with Crippen molar-refractivity contribution in [3.63, 3.8) is 0 Å². The van der Waals surface area contributed by atoms with Gasteiger partial charge < -0.3 is 20.1 Å². The molecule has 7 nitrogen and oxygen atoms in total. The van der Waals surface area contributed by atoms with E-state index in [2.05, 4.69) is 15.5 Å². The Morgan fingerprint density at radius 3 is 2.69 bits per heavy atom. The van der Waals surface area contributed by atoms with E-state index in [1.165, 1.54) is 18.4 Å². The Morgan fingerprint density at radius 2 is 1.97 bits per heavy atom. The number of nitrogens with one attached hydrogen (secondary N) is 2. The van der Waals surface area contributed by atoms with Crippen molar-refractivity contribution in [3.05, 3.63) is 41.3 Å². The maximum atomic E-state index is 12.3. The number of nitrogens with zero attached hydrogens (tertiary/aromatic N) is 1. The highest BCUT2D eigenvalue weighted by Gasteiger charge is 2.22. The molecule has 0 spiro atoms. The van der Waals surface area contributed by atoms with Crippen LogP contribution in [0.2, 0.25) is 0 Å². The van der Waals surface area contributed by atoms with Gasteiger partial charge in [-0.05, 0) is 25.1 Å². The zero-order valence-corrected chi connectivity index (χ0v) is 17.4. The fourth-order valence-electron chi connectivity index (χ4n) is 3.21. The van der Waals surface area contributed by atoms with E-state index < -0.39 is 5.97 Å². The summed E-state index contributed by atoms with van der Waals surface area (Å²) in [5.41, 5.74) is 2.06. The Balaban J connectivity index is 1.52. The van der Waals surface area contributed by atoms with Crippen LogP contribution in [0.15, 0.2) is 35.7 Å². The van der Waals surface area contributed by atoms with Crippen LogP contribution in [0.5, 0.6) is 0 Å². The third kappa shape index (κ3) is 6.11. The van der Waals surface area contributed by atoms with E-state index in [0.29, 0.717) is 10.6 Å².